The fraction of sp³-hybridized carbons (Fsp3) is 0.235. The fourth-order valence-electron chi connectivity index (χ4n) is 3.10. The summed E-state index contributed by atoms with van der Waals surface area (Å²) in [5.74, 6) is -0.972. The van der Waals surface area contributed by atoms with Crippen molar-refractivity contribution in [2.24, 2.45) is 0 Å². The van der Waals surface area contributed by atoms with E-state index in [1.54, 1.807) is 26.0 Å². The molecule has 1 unspecified atom stereocenters. The average molecular weight is 356 g/mol. The lowest BCUT2D eigenvalue weighted by atomic mass is 9.80. The number of methoxy groups -OCH3 is 1. The van der Waals surface area contributed by atoms with E-state index in [-0.39, 0.29) is 11.6 Å². The first-order valence-electron chi connectivity index (χ1n) is 7.71. The number of nitrogens with one attached hydrogen (secondary N) is 1. The second kappa shape index (κ2) is 6.79. The first-order valence-corrected chi connectivity index (χ1v) is 7.71. The van der Waals surface area contributed by atoms with E-state index in [9.17, 15) is 14.9 Å². The Morgan fingerprint density at radius 3 is 2.73 bits per heavy atom. The molecule has 0 bridgehead atoms. The molecule has 3 rings (SSSR count). The topological polar surface area (TPSA) is 120 Å². The van der Waals surface area contributed by atoms with Crippen molar-refractivity contribution < 1.29 is 18.9 Å². The van der Waals surface area contributed by atoms with Gasteiger partial charge in [0.05, 0.1) is 23.5 Å². The number of allylic oxidation sites excluding steroid dienone is 3. The Hall–Kier alpha value is -3.49. The highest BCUT2D eigenvalue weighted by Crippen LogP contribution is 2.43. The zero-order valence-electron chi connectivity index (χ0n) is 14.3. The Morgan fingerprint density at radius 2 is 2.12 bits per heavy atom. The highest BCUT2D eigenvalue weighted by molar-refractivity contribution is 5.96. The van der Waals surface area contributed by atoms with Gasteiger partial charge in [0.2, 0.25) is 12.3 Å². The van der Waals surface area contributed by atoms with Crippen LogP contribution < -0.4 is 5.32 Å². The molecule has 0 aliphatic carbocycles. The van der Waals surface area contributed by atoms with Gasteiger partial charge in [0.1, 0.15) is 0 Å². The van der Waals surface area contributed by atoms with Gasteiger partial charge in [-0.05, 0) is 19.4 Å². The van der Waals surface area contributed by atoms with Gasteiger partial charge in [0, 0.05) is 29.1 Å². The molecule has 0 saturated carbocycles. The number of rotatable bonds is 4. The highest BCUT2D eigenvalue weighted by Gasteiger charge is 2.37. The minimum atomic E-state index is -0.649. The Bertz CT molecular complexity index is 930. The van der Waals surface area contributed by atoms with E-state index >= 15 is 0 Å². The first kappa shape index (κ1) is 17.3. The van der Waals surface area contributed by atoms with Crippen LogP contribution in [0.1, 0.15) is 31.2 Å². The minimum Gasteiger partial charge on any atom is -0.466 e. The molecule has 1 aromatic carbocycles. The van der Waals surface area contributed by atoms with Gasteiger partial charge >= 0.3 is 5.97 Å². The van der Waals surface area contributed by atoms with Gasteiger partial charge in [-0.2, -0.15) is 0 Å². The number of carbonyl (C=O) groups is 1. The number of nitro groups is 1. The van der Waals surface area contributed by atoms with Gasteiger partial charge < -0.3 is 14.5 Å². The summed E-state index contributed by atoms with van der Waals surface area (Å²) in [7, 11) is 1.28. The van der Waals surface area contributed by atoms with Crippen LogP contribution in [0.3, 0.4) is 0 Å². The van der Waals surface area contributed by atoms with Crippen LogP contribution in [0, 0.1) is 10.1 Å². The summed E-state index contributed by atoms with van der Waals surface area (Å²) in [6.07, 6.45) is 1.18. The van der Waals surface area contributed by atoms with Crippen LogP contribution >= 0.6 is 0 Å². The highest BCUT2D eigenvalue weighted by atomic mass is 16.6. The normalized spacial score (nSPS) is 17.1. The SMILES string of the molecule is COC(=O)C1=C(C)NC(C)=C(c2nnco2)C1c1cccc([N+](=O)[O-])c1. The third-order valence-electron chi connectivity index (χ3n) is 4.17. The molecule has 26 heavy (non-hydrogen) atoms. The molecule has 2 aromatic rings. The second-order valence-corrected chi connectivity index (χ2v) is 5.72. The monoisotopic (exact) mass is 356 g/mol. The molecule has 9 nitrogen and oxygen atoms in total. The third kappa shape index (κ3) is 2.94. The maximum atomic E-state index is 12.5. The van der Waals surface area contributed by atoms with Crippen LogP contribution in [0.4, 0.5) is 5.69 Å². The molecule has 0 spiro atoms. The number of aromatic nitrogens is 2. The molecule has 1 aliphatic heterocycles. The molecule has 1 aromatic heterocycles. The summed E-state index contributed by atoms with van der Waals surface area (Å²) in [5, 5.41) is 21.9. The van der Waals surface area contributed by atoms with Gasteiger partial charge in [-0.25, -0.2) is 4.79 Å². The van der Waals surface area contributed by atoms with E-state index in [2.05, 4.69) is 15.5 Å². The quantitative estimate of drug-likeness (QED) is 0.504. The van der Waals surface area contributed by atoms with E-state index in [1.807, 2.05) is 0 Å². The number of non-ortho nitro benzene ring substituents is 1. The van der Waals surface area contributed by atoms with Gasteiger partial charge in [0.25, 0.3) is 5.69 Å². The number of hydrogen-bond donors (Lipinski definition) is 1. The van der Waals surface area contributed by atoms with Crippen LogP contribution in [0.15, 0.2) is 52.0 Å². The number of carbonyl (C=O) groups excluding carboxylic acids is 1. The molecule has 1 N–H and O–H groups in total. The van der Waals surface area contributed by atoms with E-state index in [0.717, 1.165) is 0 Å². The molecular weight excluding hydrogens is 340 g/mol. The van der Waals surface area contributed by atoms with Crippen molar-refractivity contribution in [1.82, 2.24) is 15.5 Å². The Kier molecular flexibility index (Phi) is 4.53. The summed E-state index contributed by atoms with van der Waals surface area (Å²) >= 11 is 0. The van der Waals surface area contributed by atoms with Crippen molar-refractivity contribution in [2.75, 3.05) is 7.11 Å². The van der Waals surface area contributed by atoms with Crippen molar-refractivity contribution >= 4 is 17.2 Å². The van der Waals surface area contributed by atoms with Gasteiger partial charge in [-0.1, -0.05) is 12.1 Å². The number of nitro benzene ring substituents is 1. The Morgan fingerprint density at radius 1 is 1.35 bits per heavy atom. The number of nitrogens with zero attached hydrogens (tertiary/aromatic N) is 3. The smallest absolute Gasteiger partial charge is 0.336 e. The van der Waals surface area contributed by atoms with Gasteiger partial charge in [-0.3, -0.25) is 10.1 Å². The summed E-state index contributed by atoms with van der Waals surface area (Å²) in [6, 6.07) is 6.10. The predicted molar refractivity (Wildman–Crippen MR) is 90.6 cm³/mol. The number of hydrogen-bond acceptors (Lipinski definition) is 8. The van der Waals surface area contributed by atoms with E-state index < -0.39 is 16.8 Å². The maximum Gasteiger partial charge on any atom is 0.336 e. The van der Waals surface area contributed by atoms with Crippen molar-refractivity contribution in [3.63, 3.8) is 0 Å². The van der Waals surface area contributed by atoms with Crippen molar-refractivity contribution in [3.05, 3.63) is 69.2 Å². The lowest BCUT2D eigenvalue weighted by Gasteiger charge is -2.29. The molecule has 2 heterocycles. The molecular formula is C17H16N4O5. The van der Waals surface area contributed by atoms with Crippen molar-refractivity contribution in [3.8, 4) is 0 Å². The number of dihydropyridines is 1. The maximum absolute atomic E-state index is 12.5. The number of ether oxygens (including phenoxy) is 1. The second-order valence-electron chi connectivity index (χ2n) is 5.72. The molecule has 0 amide bonds. The molecule has 1 aliphatic rings. The fourth-order valence-corrected chi connectivity index (χ4v) is 3.10. The van der Waals surface area contributed by atoms with Crippen LogP contribution in [0.2, 0.25) is 0 Å². The zero-order valence-corrected chi connectivity index (χ0v) is 14.3. The minimum absolute atomic E-state index is 0.0783. The molecule has 0 radical (unpaired) electrons. The lowest BCUT2D eigenvalue weighted by molar-refractivity contribution is -0.384. The summed E-state index contributed by atoms with van der Waals surface area (Å²) in [4.78, 5) is 23.2. The molecule has 134 valence electrons. The summed E-state index contributed by atoms with van der Waals surface area (Å²) < 4.78 is 10.3. The van der Waals surface area contributed by atoms with Crippen LogP contribution in [-0.4, -0.2) is 28.2 Å². The third-order valence-corrected chi connectivity index (χ3v) is 4.17. The van der Waals surface area contributed by atoms with Crippen LogP contribution in [-0.2, 0) is 9.53 Å². The standard InChI is InChI=1S/C17H16N4O5/c1-9-13(16-20-18-8-26-16)15(14(10(2)19-9)17(22)25-3)11-5-4-6-12(7-11)21(23)24/h4-8,15,19H,1-3H3. The van der Waals surface area contributed by atoms with Gasteiger partial charge in [-0.15, -0.1) is 10.2 Å². The van der Waals surface area contributed by atoms with E-state index in [1.165, 1.54) is 25.6 Å². The number of benzene rings is 1. The molecule has 0 fully saturated rings. The molecule has 1 atom stereocenters. The van der Waals surface area contributed by atoms with Crippen LogP contribution in [0.25, 0.3) is 5.57 Å². The van der Waals surface area contributed by atoms with E-state index in [4.69, 9.17) is 9.15 Å². The van der Waals surface area contributed by atoms with Gasteiger partial charge in [0.15, 0.2) is 0 Å². The Labute approximate surface area is 148 Å². The van der Waals surface area contributed by atoms with Crippen molar-refractivity contribution in [2.45, 2.75) is 19.8 Å². The predicted octanol–water partition coefficient (Wildman–Crippen LogP) is 2.54. The molecule has 0 saturated heterocycles. The zero-order chi connectivity index (χ0) is 18.8. The largest absolute Gasteiger partial charge is 0.466 e. The average Bonchev–Trinajstić information content (AvgIpc) is 3.14. The summed E-state index contributed by atoms with van der Waals surface area (Å²) in [5.41, 5.74) is 2.66. The van der Waals surface area contributed by atoms with E-state index in [0.29, 0.717) is 28.1 Å². The van der Waals surface area contributed by atoms with Crippen molar-refractivity contribution in [1.29, 1.82) is 0 Å². The summed E-state index contributed by atoms with van der Waals surface area (Å²) in [6.45, 7) is 3.55. The van der Waals surface area contributed by atoms with Crippen LogP contribution in [0.5, 0.6) is 0 Å². The lowest BCUT2D eigenvalue weighted by Crippen LogP contribution is -2.28. The molecule has 9 heteroatoms. The Balaban J connectivity index is 2.25. The number of esters is 1. The first-order chi connectivity index (χ1) is 12.4.